The Labute approximate surface area is 98.2 Å². The van der Waals surface area contributed by atoms with Crippen LogP contribution < -0.4 is 10.9 Å². The predicted octanol–water partition coefficient (Wildman–Crippen LogP) is -0.0581. The maximum Gasteiger partial charge on any atom is 0.223 e. The fourth-order valence-electron chi connectivity index (χ4n) is 0.986. The van der Waals surface area contributed by atoms with Crippen LogP contribution in [0.15, 0.2) is 23.1 Å². The van der Waals surface area contributed by atoms with Crippen molar-refractivity contribution in [2.45, 2.75) is 4.90 Å². The Morgan fingerprint density at radius 3 is 2.19 bits per heavy atom. The molecule has 0 aliphatic rings. The van der Waals surface area contributed by atoms with E-state index < -0.39 is 24.9 Å². The summed E-state index contributed by atoms with van der Waals surface area (Å²) in [6, 6.07) is 3.53. The van der Waals surface area contributed by atoms with Crippen LogP contribution in [0, 0.1) is 0 Å². The van der Waals surface area contributed by atoms with E-state index in [4.69, 9.17) is 17.3 Å². The topological polar surface area (TPSA) is 120 Å². The number of hydrogen-bond donors (Lipinski definition) is 2. The van der Waals surface area contributed by atoms with Crippen LogP contribution in [-0.4, -0.2) is 21.9 Å². The van der Waals surface area contributed by atoms with Gasteiger partial charge in [-0.25, -0.2) is 22.0 Å². The summed E-state index contributed by atoms with van der Waals surface area (Å²) in [5, 5.41) is 3.53. The van der Waals surface area contributed by atoms with Crippen LogP contribution in [0.1, 0.15) is 0 Å². The number of anilines is 1. The summed E-state index contributed by atoms with van der Waals surface area (Å²) in [6.07, 6.45) is 0. The first-order chi connectivity index (χ1) is 7.12. The van der Waals surface area contributed by atoms with Crippen LogP contribution in [0.2, 0.25) is 5.02 Å². The molecule has 0 aliphatic heterocycles. The molecule has 0 saturated carbocycles. The van der Waals surface area contributed by atoms with E-state index in [1.54, 1.807) is 0 Å². The summed E-state index contributed by atoms with van der Waals surface area (Å²) in [5.74, 6) is 0. The Balaban J connectivity index is 3.24. The van der Waals surface area contributed by atoms with Gasteiger partial charge in [-0.3, -0.25) is 0 Å². The highest BCUT2D eigenvalue weighted by molar-refractivity contribution is 8.07. The van der Waals surface area contributed by atoms with Crippen LogP contribution in [-0.2, 0) is 19.9 Å². The number of primary sulfonamides is 1. The van der Waals surface area contributed by atoms with Crippen LogP contribution in [0.4, 0.5) is 5.69 Å². The zero-order valence-electron chi connectivity index (χ0n) is 7.92. The highest BCUT2D eigenvalue weighted by atomic mass is 35.5. The van der Waals surface area contributed by atoms with Crippen molar-refractivity contribution >= 4 is 37.1 Å². The highest BCUT2D eigenvalue weighted by Crippen LogP contribution is 2.23. The van der Waals surface area contributed by atoms with E-state index >= 15 is 0 Å². The number of nitrogens with two attached hydrogens (primary N) is 2. The molecule has 90 valence electrons. The molecule has 0 bridgehead atoms. The van der Waals surface area contributed by atoms with Crippen LogP contribution in [0.3, 0.4) is 0 Å². The zero-order chi connectivity index (χ0) is 12.6. The van der Waals surface area contributed by atoms with Gasteiger partial charge in [-0.05, 0) is 18.2 Å². The fraction of sp³-hybridized carbons (Fsp3) is 0.143. The molecule has 1 aromatic rings. The molecule has 0 heterocycles. The van der Waals surface area contributed by atoms with Crippen LogP contribution in [0.5, 0.6) is 0 Å². The predicted molar refractivity (Wildman–Crippen MR) is 61.0 cm³/mol. The van der Waals surface area contributed by atoms with Gasteiger partial charge in [0.15, 0.2) is 14.9 Å². The molecule has 0 atom stereocenters. The van der Waals surface area contributed by atoms with Gasteiger partial charge in [-0.15, -0.1) is 0 Å². The van der Waals surface area contributed by atoms with Crippen molar-refractivity contribution < 1.29 is 16.8 Å². The minimum absolute atomic E-state index is 0.0375. The highest BCUT2D eigenvalue weighted by Gasteiger charge is 2.21. The van der Waals surface area contributed by atoms with Crippen molar-refractivity contribution in [3.8, 4) is 0 Å². The van der Waals surface area contributed by atoms with Crippen molar-refractivity contribution in [3.63, 3.8) is 0 Å². The number of rotatable bonds is 3. The van der Waals surface area contributed by atoms with E-state index in [0.717, 1.165) is 6.07 Å². The summed E-state index contributed by atoms with van der Waals surface area (Å²) < 4.78 is 44.5. The van der Waals surface area contributed by atoms with Gasteiger partial charge in [-0.1, -0.05) is 11.6 Å². The quantitative estimate of drug-likeness (QED) is 0.753. The molecule has 0 radical (unpaired) electrons. The third-order valence-electron chi connectivity index (χ3n) is 1.65. The van der Waals surface area contributed by atoms with Crippen molar-refractivity contribution in [2.24, 2.45) is 5.14 Å². The van der Waals surface area contributed by atoms with Gasteiger partial charge in [-0.2, -0.15) is 0 Å². The number of sulfone groups is 1. The SMILES string of the molecule is Nc1ccc(S(=O)(=O)CS(N)(=O)=O)cc1Cl. The molecule has 9 heteroatoms. The third kappa shape index (κ3) is 3.34. The Morgan fingerprint density at radius 1 is 1.19 bits per heavy atom. The summed E-state index contributed by atoms with van der Waals surface area (Å²) in [7, 11) is -8.13. The van der Waals surface area contributed by atoms with Gasteiger partial charge in [0.1, 0.15) is 0 Å². The first-order valence-electron chi connectivity index (χ1n) is 3.90. The largest absolute Gasteiger partial charge is 0.398 e. The van der Waals surface area contributed by atoms with Gasteiger partial charge in [0.05, 0.1) is 15.6 Å². The molecule has 0 aromatic heterocycles. The Hall–Kier alpha value is -0.830. The molecule has 0 aliphatic carbocycles. The summed E-state index contributed by atoms with van der Waals surface area (Å²) in [5.41, 5.74) is 5.59. The minimum Gasteiger partial charge on any atom is -0.398 e. The van der Waals surface area contributed by atoms with E-state index in [1.165, 1.54) is 12.1 Å². The van der Waals surface area contributed by atoms with Gasteiger partial charge >= 0.3 is 0 Å². The lowest BCUT2D eigenvalue weighted by atomic mass is 10.3. The molecule has 0 unspecified atom stereocenters. The normalized spacial score (nSPS) is 12.6. The second-order valence-electron chi connectivity index (χ2n) is 3.08. The second kappa shape index (κ2) is 4.21. The molecule has 4 N–H and O–H groups in total. The molecule has 0 saturated heterocycles. The van der Waals surface area contributed by atoms with E-state index in [2.05, 4.69) is 5.14 Å². The van der Waals surface area contributed by atoms with Crippen LogP contribution in [0.25, 0.3) is 0 Å². The Morgan fingerprint density at radius 2 is 1.75 bits per heavy atom. The third-order valence-corrected chi connectivity index (χ3v) is 5.51. The van der Waals surface area contributed by atoms with E-state index in [0.29, 0.717) is 0 Å². The Bertz CT molecular complexity index is 609. The average Bonchev–Trinajstić information content (AvgIpc) is 2.05. The molecule has 6 nitrogen and oxygen atoms in total. The lowest BCUT2D eigenvalue weighted by Crippen LogP contribution is -2.23. The number of hydrogen-bond acceptors (Lipinski definition) is 5. The molecular formula is C7H9ClN2O4S2. The smallest absolute Gasteiger partial charge is 0.223 e. The molecule has 0 fully saturated rings. The zero-order valence-corrected chi connectivity index (χ0v) is 10.3. The minimum atomic E-state index is -4.12. The summed E-state index contributed by atoms with van der Waals surface area (Å²) in [4.78, 5) is -0.235. The van der Waals surface area contributed by atoms with Gasteiger partial charge < -0.3 is 5.73 Å². The second-order valence-corrected chi connectivity index (χ2v) is 7.46. The van der Waals surface area contributed by atoms with Crippen LogP contribution >= 0.6 is 11.6 Å². The van der Waals surface area contributed by atoms with Gasteiger partial charge in [0, 0.05) is 0 Å². The first-order valence-corrected chi connectivity index (χ1v) is 7.65. The molecule has 1 rings (SSSR count). The Kier molecular flexibility index (Phi) is 3.48. The molecule has 0 spiro atoms. The first kappa shape index (κ1) is 13.2. The number of nitrogen functional groups attached to an aromatic ring is 1. The van der Waals surface area contributed by atoms with Gasteiger partial charge in [0.25, 0.3) is 0 Å². The average molecular weight is 285 g/mol. The molecule has 16 heavy (non-hydrogen) atoms. The van der Waals surface area contributed by atoms with Crippen molar-refractivity contribution in [1.82, 2.24) is 0 Å². The van der Waals surface area contributed by atoms with Gasteiger partial charge in [0.2, 0.25) is 10.0 Å². The molecule has 1 aromatic carbocycles. The summed E-state index contributed by atoms with van der Waals surface area (Å²) >= 11 is 5.62. The summed E-state index contributed by atoms with van der Waals surface area (Å²) in [6.45, 7) is 0. The molecule has 0 amide bonds. The maximum atomic E-state index is 11.6. The number of benzene rings is 1. The lowest BCUT2D eigenvalue weighted by Gasteiger charge is -2.04. The lowest BCUT2D eigenvalue weighted by molar-refractivity contribution is 0.590. The van der Waals surface area contributed by atoms with Crippen molar-refractivity contribution in [3.05, 3.63) is 23.2 Å². The number of sulfonamides is 1. The number of halogens is 1. The van der Waals surface area contributed by atoms with E-state index in [-0.39, 0.29) is 15.6 Å². The van der Waals surface area contributed by atoms with Crippen molar-refractivity contribution in [1.29, 1.82) is 0 Å². The van der Waals surface area contributed by atoms with E-state index in [1.807, 2.05) is 0 Å². The standard InChI is InChI=1S/C7H9ClN2O4S2/c8-6-3-5(1-2-7(6)9)15(11,12)4-16(10,13)14/h1-3H,4,9H2,(H2,10,13,14). The van der Waals surface area contributed by atoms with E-state index in [9.17, 15) is 16.8 Å². The maximum absolute atomic E-state index is 11.6. The van der Waals surface area contributed by atoms with Crippen molar-refractivity contribution in [2.75, 3.05) is 10.8 Å². The fourth-order valence-corrected chi connectivity index (χ4v) is 4.08. The monoisotopic (exact) mass is 284 g/mol. The molecular weight excluding hydrogens is 276 g/mol.